The first-order valence-corrected chi connectivity index (χ1v) is 6.64. The van der Waals surface area contributed by atoms with Crippen molar-refractivity contribution >= 4 is 20.2 Å². The van der Waals surface area contributed by atoms with Crippen LogP contribution in [0.15, 0.2) is 48.8 Å². The Morgan fingerprint density at radius 2 is 1.14 bits per heavy atom. The molecule has 4 N–H and O–H groups in total. The van der Waals surface area contributed by atoms with Crippen LogP contribution in [0.4, 0.5) is 0 Å². The van der Waals surface area contributed by atoms with Crippen LogP contribution in [0.1, 0.15) is 21.0 Å². The van der Waals surface area contributed by atoms with Gasteiger partial charge in [-0.05, 0) is 24.3 Å². The largest absolute Gasteiger partial charge is 0.692 e. The molecule has 116 valence electrons. The average molecular weight is 327 g/mol. The van der Waals surface area contributed by atoms with Gasteiger partial charge in [0.25, 0.3) is 0 Å². The molecule has 22 heavy (non-hydrogen) atoms. The fourth-order valence-electron chi connectivity index (χ4n) is 0.979. The van der Waals surface area contributed by atoms with Crippen LogP contribution in [0.25, 0.3) is 0 Å². The van der Waals surface area contributed by atoms with Crippen LogP contribution in [-0.2, 0) is 4.57 Å². The Kier molecular flexibility index (Phi) is 9.61. The molecule has 2 aromatic heterocycles. The van der Waals surface area contributed by atoms with Gasteiger partial charge in [0.2, 0.25) is 0 Å². The minimum absolute atomic E-state index is 0.0810. The maximum absolute atomic E-state index is 10.1. The molecule has 0 atom stereocenters. The van der Waals surface area contributed by atoms with E-state index in [1.165, 1.54) is 24.5 Å². The molecule has 0 spiro atoms. The van der Waals surface area contributed by atoms with Crippen LogP contribution >= 0.6 is 8.25 Å². The summed E-state index contributed by atoms with van der Waals surface area (Å²) in [6, 6.07) is 9.51. The highest BCUT2D eigenvalue weighted by atomic mass is 31.1. The number of carbonyl (C=O) groups is 2. The molecule has 9 nitrogen and oxygen atoms in total. The molecule has 0 aliphatic heterocycles. The van der Waals surface area contributed by atoms with Gasteiger partial charge in [-0.3, -0.25) is 0 Å². The highest BCUT2D eigenvalue weighted by molar-refractivity contribution is 7.30. The van der Waals surface area contributed by atoms with Gasteiger partial charge in [-0.15, -0.1) is 9.79 Å². The summed E-state index contributed by atoms with van der Waals surface area (Å²) < 4.78 is 8.70. The van der Waals surface area contributed by atoms with Crippen LogP contribution in [0.3, 0.4) is 0 Å². The van der Waals surface area contributed by atoms with Crippen LogP contribution in [0.2, 0.25) is 0 Å². The number of nitrogens with zero attached hydrogens (tertiary/aromatic N) is 2. The van der Waals surface area contributed by atoms with Crippen LogP contribution in [-0.4, -0.2) is 41.9 Å². The Balaban J connectivity index is 0.000000326. The minimum atomic E-state index is -2.87. The second-order valence-electron chi connectivity index (χ2n) is 3.29. The van der Waals surface area contributed by atoms with E-state index in [9.17, 15) is 9.59 Å². The quantitative estimate of drug-likeness (QED) is 0.594. The molecule has 0 fully saturated rings. The Bertz CT molecular complexity index is 554. The standard InChI is InChI=1S/2C6H5NO2.HO3P/c2*8-6(9)5-3-1-2-4-7-5;1-4(2)3/h2*1-4H,(H,8,9);(H-,1,2,3)/p+1. The predicted molar refractivity (Wildman–Crippen MR) is 74.4 cm³/mol. The first-order chi connectivity index (χ1) is 10.3. The second-order valence-corrected chi connectivity index (χ2v) is 3.80. The molecule has 0 aromatic carbocycles. The Hall–Kier alpha value is -2.74. The van der Waals surface area contributed by atoms with Crippen molar-refractivity contribution in [3.63, 3.8) is 0 Å². The fourth-order valence-corrected chi connectivity index (χ4v) is 0.979. The summed E-state index contributed by atoms with van der Waals surface area (Å²) in [5, 5.41) is 16.6. The summed E-state index contributed by atoms with van der Waals surface area (Å²) in [5.41, 5.74) is 0.162. The molecular weight excluding hydrogens is 315 g/mol. The molecule has 0 saturated heterocycles. The molecule has 0 unspecified atom stereocenters. The number of hydrogen-bond acceptors (Lipinski definition) is 5. The molecular formula is C12H12N2O7P+. The van der Waals surface area contributed by atoms with E-state index in [0.29, 0.717) is 0 Å². The van der Waals surface area contributed by atoms with E-state index in [0.717, 1.165) is 0 Å². The van der Waals surface area contributed by atoms with Crippen molar-refractivity contribution < 1.29 is 34.2 Å². The van der Waals surface area contributed by atoms with Gasteiger partial charge >= 0.3 is 20.2 Å². The molecule has 0 amide bonds. The summed E-state index contributed by atoms with van der Waals surface area (Å²) >= 11 is 0. The lowest BCUT2D eigenvalue weighted by Gasteiger charge is -1.87. The van der Waals surface area contributed by atoms with Crippen molar-refractivity contribution in [1.82, 2.24) is 9.97 Å². The van der Waals surface area contributed by atoms with Crippen molar-refractivity contribution in [2.24, 2.45) is 0 Å². The van der Waals surface area contributed by atoms with E-state index >= 15 is 0 Å². The number of rotatable bonds is 2. The van der Waals surface area contributed by atoms with Gasteiger partial charge in [0, 0.05) is 17.0 Å². The zero-order chi connectivity index (χ0) is 17.0. The van der Waals surface area contributed by atoms with Gasteiger partial charge in [-0.25, -0.2) is 19.6 Å². The van der Waals surface area contributed by atoms with Crippen molar-refractivity contribution in [2.75, 3.05) is 0 Å². The number of aromatic carboxylic acids is 2. The average Bonchev–Trinajstić information content (AvgIpc) is 2.49. The number of pyridine rings is 2. The van der Waals surface area contributed by atoms with Gasteiger partial charge in [0.05, 0.1) is 0 Å². The lowest BCUT2D eigenvalue weighted by Crippen LogP contribution is -1.97. The maximum atomic E-state index is 10.1. The molecule has 2 aromatic rings. The van der Waals surface area contributed by atoms with Gasteiger partial charge in [-0.1, -0.05) is 12.1 Å². The Labute approximate surface area is 125 Å². The van der Waals surface area contributed by atoms with E-state index < -0.39 is 20.2 Å². The zero-order valence-electron chi connectivity index (χ0n) is 11.0. The lowest BCUT2D eigenvalue weighted by molar-refractivity contribution is 0.0680. The third-order valence-corrected chi connectivity index (χ3v) is 1.77. The van der Waals surface area contributed by atoms with Gasteiger partial charge < -0.3 is 10.2 Å². The number of carboxylic acids is 2. The third-order valence-electron chi connectivity index (χ3n) is 1.77. The molecule has 0 saturated carbocycles. The van der Waals surface area contributed by atoms with Crippen molar-refractivity contribution in [3.05, 3.63) is 60.2 Å². The molecule has 2 rings (SSSR count). The topological polar surface area (TPSA) is 158 Å². The fraction of sp³-hybridized carbons (Fsp3) is 0. The van der Waals surface area contributed by atoms with E-state index in [-0.39, 0.29) is 11.4 Å². The summed E-state index contributed by atoms with van der Waals surface area (Å²) in [6.07, 6.45) is 2.90. The normalized spacial score (nSPS) is 8.45. The second kappa shape index (κ2) is 11.0. The first-order valence-electron chi connectivity index (χ1n) is 5.48. The predicted octanol–water partition coefficient (Wildman–Crippen LogP) is 1.19. The SMILES string of the molecule is O=C(O)c1ccccn1.O=C(O)c1ccccn1.O=[P+](O)O. The summed E-state index contributed by atoms with van der Waals surface area (Å²) in [6.45, 7) is 0. The smallest absolute Gasteiger partial charge is 0.477 e. The van der Waals surface area contributed by atoms with E-state index in [1.54, 1.807) is 24.3 Å². The van der Waals surface area contributed by atoms with Crippen molar-refractivity contribution in [3.8, 4) is 0 Å². The molecule has 0 aliphatic carbocycles. The van der Waals surface area contributed by atoms with Crippen LogP contribution in [0.5, 0.6) is 0 Å². The molecule has 10 heteroatoms. The van der Waals surface area contributed by atoms with Gasteiger partial charge in [-0.2, -0.15) is 0 Å². The molecule has 0 aliphatic rings. The summed E-state index contributed by atoms with van der Waals surface area (Å²) in [7, 11) is -2.87. The van der Waals surface area contributed by atoms with Crippen molar-refractivity contribution in [1.29, 1.82) is 0 Å². The highest BCUT2D eigenvalue weighted by Gasteiger charge is 1.99. The minimum Gasteiger partial charge on any atom is -0.477 e. The van der Waals surface area contributed by atoms with Crippen molar-refractivity contribution in [2.45, 2.75) is 0 Å². The van der Waals surface area contributed by atoms with Gasteiger partial charge in [0.15, 0.2) is 0 Å². The first kappa shape index (κ1) is 19.3. The zero-order valence-corrected chi connectivity index (χ0v) is 11.9. The van der Waals surface area contributed by atoms with Gasteiger partial charge in [0.1, 0.15) is 11.4 Å². The highest BCUT2D eigenvalue weighted by Crippen LogP contribution is 1.98. The lowest BCUT2D eigenvalue weighted by atomic mass is 10.4. The molecule has 2 heterocycles. The number of hydrogen-bond donors (Lipinski definition) is 4. The van der Waals surface area contributed by atoms with Crippen LogP contribution < -0.4 is 0 Å². The Morgan fingerprint density at radius 3 is 1.27 bits per heavy atom. The molecule has 0 bridgehead atoms. The van der Waals surface area contributed by atoms with E-state index in [1.807, 2.05) is 0 Å². The number of aromatic nitrogens is 2. The third kappa shape index (κ3) is 10.1. The monoisotopic (exact) mass is 327 g/mol. The van der Waals surface area contributed by atoms with E-state index in [4.69, 9.17) is 24.6 Å². The summed E-state index contributed by atoms with van der Waals surface area (Å²) in [4.78, 5) is 41.7. The maximum Gasteiger partial charge on any atom is 0.692 e. The van der Waals surface area contributed by atoms with Crippen LogP contribution in [0, 0.1) is 0 Å². The Morgan fingerprint density at radius 1 is 0.818 bits per heavy atom. The summed E-state index contributed by atoms with van der Waals surface area (Å²) in [5.74, 6) is -1.98. The molecule has 0 radical (unpaired) electrons. The van der Waals surface area contributed by atoms with E-state index in [2.05, 4.69) is 9.97 Å². The number of carboxylic acid groups (broad SMARTS) is 2.